The molecule has 0 bridgehead atoms. The number of ether oxygens (including phenoxy) is 4. The Hall–Kier alpha value is -3.89. The number of hydrogen-bond donors (Lipinski definition) is 1. The van der Waals surface area contributed by atoms with Gasteiger partial charge in [-0.25, -0.2) is 18.7 Å². The number of amides is 1. The Bertz CT molecular complexity index is 1430. The van der Waals surface area contributed by atoms with Crippen LogP contribution < -0.4 is 14.8 Å². The topological polar surface area (TPSA) is 128 Å². The van der Waals surface area contributed by atoms with Gasteiger partial charge in [0.15, 0.2) is 11.5 Å². The molecule has 0 heterocycles. The minimum absolute atomic E-state index is 0.0423. The molecule has 46 heavy (non-hydrogen) atoms. The minimum Gasteiger partial charge on any atom is -0.485 e. The Labute approximate surface area is 271 Å². The molecule has 1 unspecified atom stereocenters. The SMILES string of the molecule is COC(=O)C(Cc1ccc(OCOP(=O)(OC(C)(C)C)OC(C)(C)C)c(OCc2ccccc2)c1)NC(=O)OCc1ccccc1. The second-order valence-corrected chi connectivity index (χ2v) is 13.8. The quantitative estimate of drug-likeness (QED) is 0.101. The van der Waals surface area contributed by atoms with Crippen LogP contribution in [0.2, 0.25) is 0 Å². The predicted molar refractivity (Wildman–Crippen MR) is 172 cm³/mol. The number of esters is 1. The highest BCUT2D eigenvalue weighted by Gasteiger charge is 2.37. The van der Waals surface area contributed by atoms with Crippen molar-refractivity contribution in [1.29, 1.82) is 0 Å². The van der Waals surface area contributed by atoms with Crippen LogP contribution in [0.15, 0.2) is 78.9 Å². The van der Waals surface area contributed by atoms with Crippen LogP contribution in [-0.2, 0) is 52.0 Å². The minimum atomic E-state index is -4.03. The highest BCUT2D eigenvalue weighted by molar-refractivity contribution is 7.48. The number of carbonyl (C=O) groups is 2. The zero-order valence-electron chi connectivity index (χ0n) is 27.4. The maximum Gasteiger partial charge on any atom is 0.478 e. The second kappa shape index (κ2) is 16.6. The van der Waals surface area contributed by atoms with Gasteiger partial charge in [-0.05, 0) is 70.4 Å². The number of phosphoric acid groups is 1. The lowest BCUT2D eigenvalue weighted by atomic mass is 10.1. The maximum absolute atomic E-state index is 13.4. The summed E-state index contributed by atoms with van der Waals surface area (Å²) in [6.07, 6.45) is -0.698. The van der Waals surface area contributed by atoms with Gasteiger partial charge in [-0.2, -0.15) is 0 Å². The molecule has 250 valence electrons. The molecule has 0 aliphatic rings. The fraction of sp³-hybridized carbons (Fsp3) is 0.412. The lowest BCUT2D eigenvalue weighted by Gasteiger charge is -2.30. The van der Waals surface area contributed by atoms with E-state index in [0.29, 0.717) is 11.3 Å². The van der Waals surface area contributed by atoms with Gasteiger partial charge in [-0.15, -0.1) is 0 Å². The molecule has 1 amide bonds. The second-order valence-electron chi connectivity index (χ2n) is 12.3. The molecular weight excluding hydrogens is 613 g/mol. The van der Waals surface area contributed by atoms with Gasteiger partial charge >= 0.3 is 19.9 Å². The Morgan fingerprint density at radius 2 is 1.30 bits per heavy atom. The number of nitrogens with one attached hydrogen (secondary N) is 1. The predicted octanol–water partition coefficient (Wildman–Crippen LogP) is 7.37. The van der Waals surface area contributed by atoms with Gasteiger partial charge in [0.05, 0.1) is 18.3 Å². The molecule has 3 aromatic rings. The summed E-state index contributed by atoms with van der Waals surface area (Å²) in [5.41, 5.74) is 0.716. The molecule has 3 aromatic carbocycles. The highest BCUT2D eigenvalue weighted by atomic mass is 31.2. The van der Waals surface area contributed by atoms with E-state index < -0.39 is 43.9 Å². The van der Waals surface area contributed by atoms with Gasteiger partial charge in [0.1, 0.15) is 19.3 Å². The molecule has 0 fully saturated rings. The lowest BCUT2D eigenvalue weighted by molar-refractivity contribution is -0.143. The largest absolute Gasteiger partial charge is 0.485 e. The van der Waals surface area contributed by atoms with Gasteiger partial charge < -0.3 is 24.3 Å². The summed E-state index contributed by atoms with van der Waals surface area (Å²) in [4.78, 5) is 25.2. The van der Waals surface area contributed by atoms with Crippen LogP contribution in [0.1, 0.15) is 58.2 Å². The first-order valence-corrected chi connectivity index (χ1v) is 16.2. The first-order chi connectivity index (χ1) is 21.6. The van der Waals surface area contributed by atoms with E-state index >= 15 is 0 Å². The number of hydrogen-bond acceptors (Lipinski definition) is 10. The molecule has 0 aromatic heterocycles. The number of carbonyl (C=O) groups excluding carboxylic acids is 2. The third kappa shape index (κ3) is 13.2. The Balaban J connectivity index is 1.77. The van der Waals surface area contributed by atoms with Crippen LogP contribution in [0, 0.1) is 0 Å². The number of benzene rings is 3. The molecule has 3 rings (SSSR count). The summed E-state index contributed by atoms with van der Waals surface area (Å²) in [6.45, 7) is 10.2. The fourth-order valence-electron chi connectivity index (χ4n) is 4.02. The average molecular weight is 658 g/mol. The first-order valence-electron chi connectivity index (χ1n) is 14.8. The van der Waals surface area contributed by atoms with E-state index in [4.69, 9.17) is 32.5 Å². The third-order valence-corrected chi connectivity index (χ3v) is 7.84. The van der Waals surface area contributed by atoms with Crippen LogP contribution in [0.4, 0.5) is 4.79 Å². The van der Waals surface area contributed by atoms with Crippen LogP contribution in [0.3, 0.4) is 0 Å². The van der Waals surface area contributed by atoms with Gasteiger partial charge in [-0.3, -0.25) is 9.05 Å². The molecule has 0 saturated carbocycles. The Morgan fingerprint density at radius 3 is 1.85 bits per heavy atom. The molecule has 0 aliphatic heterocycles. The van der Waals surface area contributed by atoms with Crippen molar-refractivity contribution in [3.05, 3.63) is 95.6 Å². The zero-order chi connectivity index (χ0) is 33.8. The number of methoxy groups -OCH3 is 1. The van der Waals surface area contributed by atoms with Crippen molar-refractivity contribution in [3.8, 4) is 11.5 Å². The van der Waals surface area contributed by atoms with E-state index in [9.17, 15) is 14.2 Å². The molecule has 11 nitrogen and oxygen atoms in total. The molecule has 0 aliphatic carbocycles. The Kier molecular flexibility index (Phi) is 13.2. The third-order valence-electron chi connectivity index (χ3n) is 5.87. The van der Waals surface area contributed by atoms with Crippen LogP contribution in [0.25, 0.3) is 0 Å². The summed E-state index contributed by atoms with van der Waals surface area (Å²) >= 11 is 0. The van der Waals surface area contributed by atoms with Crippen molar-refractivity contribution in [2.45, 2.75) is 78.4 Å². The van der Waals surface area contributed by atoms with Crippen LogP contribution >= 0.6 is 7.82 Å². The van der Waals surface area contributed by atoms with Crippen molar-refractivity contribution in [2.75, 3.05) is 13.9 Å². The van der Waals surface area contributed by atoms with Crippen LogP contribution in [-0.4, -0.2) is 43.2 Å². The molecule has 0 saturated heterocycles. The lowest BCUT2D eigenvalue weighted by Crippen LogP contribution is -2.43. The van der Waals surface area contributed by atoms with Crippen molar-refractivity contribution in [2.24, 2.45) is 0 Å². The summed E-state index contributed by atoms with van der Waals surface area (Å²) in [5.74, 6) is -0.0447. The molecular formula is C34H44NO10P. The van der Waals surface area contributed by atoms with Gasteiger partial charge in [0.2, 0.25) is 6.79 Å². The molecule has 12 heteroatoms. The first kappa shape index (κ1) is 36.6. The summed E-state index contributed by atoms with van der Waals surface area (Å²) in [6, 6.07) is 22.7. The van der Waals surface area contributed by atoms with Gasteiger partial charge in [0, 0.05) is 6.42 Å². The Morgan fingerprint density at radius 1 is 0.739 bits per heavy atom. The van der Waals surface area contributed by atoms with Gasteiger partial charge in [-0.1, -0.05) is 66.7 Å². The normalized spacial score (nSPS) is 12.6. The zero-order valence-corrected chi connectivity index (χ0v) is 28.3. The molecule has 1 atom stereocenters. The maximum atomic E-state index is 13.4. The molecule has 0 radical (unpaired) electrons. The highest BCUT2D eigenvalue weighted by Crippen LogP contribution is 2.55. The van der Waals surface area contributed by atoms with E-state index in [1.54, 1.807) is 59.7 Å². The van der Waals surface area contributed by atoms with Crippen molar-refractivity contribution in [1.82, 2.24) is 5.32 Å². The summed E-state index contributed by atoms with van der Waals surface area (Å²) in [7, 11) is -2.79. The monoisotopic (exact) mass is 657 g/mol. The van der Waals surface area contributed by atoms with Gasteiger partial charge in [0.25, 0.3) is 0 Å². The standard InChI is InChI=1S/C34H44NO10P/c1-33(2,3)44-46(38,45-34(4,5)6)43-24-42-29-19-18-27(21-30(29)40-22-25-14-10-8-11-15-25)20-28(31(36)39-7)35-32(37)41-23-26-16-12-9-13-17-26/h8-19,21,28H,20,22-24H2,1-7H3,(H,35,37). The van der Waals surface area contributed by atoms with Crippen molar-refractivity contribution >= 4 is 19.9 Å². The van der Waals surface area contributed by atoms with Crippen molar-refractivity contribution in [3.63, 3.8) is 0 Å². The van der Waals surface area contributed by atoms with Crippen LogP contribution in [0.5, 0.6) is 11.5 Å². The number of alkyl carbamates (subject to hydrolysis) is 1. The number of phosphoric ester groups is 1. The van der Waals surface area contributed by atoms with E-state index in [1.807, 2.05) is 60.7 Å². The fourth-order valence-corrected chi connectivity index (χ4v) is 5.69. The van der Waals surface area contributed by atoms with E-state index in [0.717, 1.165) is 11.1 Å². The summed E-state index contributed by atoms with van der Waals surface area (Å²) < 4.78 is 52.5. The summed E-state index contributed by atoms with van der Waals surface area (Å²) in [5, 5.41) is 2.58. The average Bonchev–Trinajstić information content (AvgIpc) is 2.98. The van der Waals surface area contributed by atoms with E-state index in [1.165, 1.54) is 7.11 Å². The molecule has 1 N–H and O–H groups in total. The molecule has 0 spiro atoms. The number of rotatable bonds is 15. The van der Waals surface area contributed by atoms with E-state index in [2.05, 4.69) is 5.32 Å². The smallest absolute Gasteiger partial charge is 0.478 e. The van der Waals surface area contributed by atoms with Crippen molar-refractivity contribution < 1.29 is 46.7 Å². The van der Waals surface area contributed by atoms with E-state index in [-0.39, 0.29) is 25.4 Å².